The number of likely N-dealkylation sites (N-methyl/N-ethyl adjacent to an activating group) is 1. The summed E-state index contributed by atoms with van der Waals surface area (Å²) in [6, 6.07) is 26.5. The van der Waals surface area contributed by atoms with Crippen LogP contribution in [0.25, 0.3) is 10.8 Å². The normalized spacial score (nSPS) is 12.3. The molecule has 0 aliphatic rings. The lowest BCUT2D eigenvalue weighted by Gasteiger charge is -2.32. The SMILES string of the molecule is CCCNC(=O)[C@H](Cc1ccccc1)N(Cc1ccccc1F)C(=O)CN(C)S(=O)(=O)c1ccc2ccccc2c1. The van der Waals surface area contributed by atoms with Gasteiger partial charge in [0.1, 0.15) is 11.9 Å². The Morgan fingerprint density at radius 1 is 0.878 bits per heavy atom. The van der Waals surface area contributed by atoms with E-state index in [9.17, 15) is 22.4 Å². The van der Waals surface area contributed by atoms with E-state index in [0.29, 0.717) is 13.0 Å². The van der Waals surface area contributed by atoms with Crippen molar-refractivity contribution in [1.29, 1.82) is 0 Å². The predicted molar refractivity (Wildman–Crippen MR) is 158 cm³/mol. The van der Waals surface area contributed by atoms with Crippen LogP contribution in [0.1, 0.15) is 24.5 Å². The summed E-state index contributed by atoms with van der Waals surface area (Å²) in [6.45, 7) is 1.59. The van der Waals surface area contributed by atoms with Gasteiger partial charge < -0.3 is 10.2 Å². The number of rotatable bonds is 12. The van der Waals surface area contributed by atoms with Gasteiger partial charge in [-0.3, -0.25) is 9.59 Å². The third kappa shape index (κ3) is 7.36. The lowest BCUT2D eigenvalue weighted by atomic mass is 10.0. The quantitative estimate of drug-likeness (QED) is 0.264. The molecule has 214 valence electrons. The summed E-state index contributed by atoms with van der Waals surface area (Å²) in [5.74, 6) is -1.53. The van der Waals surface area contributed by atoms with Crippen LogP contribution in [0.3, 0.4) is 0 Å². The third-order valence-corrected chi connectivity index (χ3v) is 8.71. The number of hydrogen-bond acceptors (Lipinski definition) is 4. The largest absolute Gasteiger partial charge is 0.354 e. The van der Waals surface area contributed by atoms with Crippen molar-refractivity contribution in [2.24, 2.45) is 0 Å². The minimum absolute atomic E-state index is 0.0497. The number of carbonyl (C=O) groups excluding carboxylic acids is 2. The van der Waals surface area contributed by atoms with E-state index in [1.54, 1.807) is 30.3 Å². The average molecular weight is 576 g/mol. The first kappa shape index (κ1) is 29.9. The molecule has 9 heteroatoms. The summed E-state index contributed by atoms with van der Waals surface area (Å²) < 4.78 is 42.7. The van der Waals surface area contributed by atoms with Crippen molar-refractivity contribution < 1.29 is 22.4 Å². The van der Waals surface area contributed by atoms with Crippen LogP contribution in [-0.4, -0.2) is 55.6 Å². The van der Waals surface area contributed by atoms with Crippen molar-refractivity contribution in [1.82, 2.24) is 14.5 Å². The van der Waals surface area contributed by atoms with Crippen LogP contribution in [-0.2, 0) is 32.6 Å². The van der Waals surface area contributed by atoms with Crippen molar-refractivity contribution in [2.75, 3.05) is 20.1 Å². The first-order chi connectivity index (χ1) is 19.7. The maximum absolute atomic E-state index is 14.8. The van der Waals surface area contributed by atoms with Crippen molar-refractivity contribution >= 4 is 32.6 Å². The predicted octanol–water partition coefficient (Wildman–Crippen LogP) is 4.77. The van der Waals surface area contributed by atoms with E-state index in [1.165, 1.54) is 24.1 Å². The van der Waals surface area contributed by atoms with Gasteiger partial charge >= 0.3 is 0 Å². The molecule has 0 aliphatic carbocycles. The number of sulfonamides is 1. The van der Waals surface area contributed by atoms with Gasteiger partial charge in [0.15, 0.2) is 0 Å². The number of benzene rings is 4. The van der Waals surface area contributed by atoms with E-state index in [2.05, 4.69) is 5.32 Å². The van der Waals surface area contributed by atoms with Crippen molar-refractivity contribution in [3.8, 4) is 0 Å². The maximum Gasteiger partial charge on any atom is 0.243 e. The molecule has 0 fully saturated rings. The van der Waals surface area contributed by atoms with Gasteiger partial charge in [-0.05, 0) is 41.0 Å². The van der Waals surface area contributed by atoms with E-state index in [1.807, 2.05) is 61.5 Å². The van der Waals surface area contributed by atoms with Gasteiger partial charge in [-0.1, -0.05) is 85.8 Å². The van der Waals surface area contributed by atoms with E-state index in [0.717, 1.165) is 20.6 Å². The fourth-order valence-corrected chi connectivity index (χ4v) is 5.76. The Morgan fingerprint density at radius 2 is 1.54 bits per heavy atom. The Hall–Kier alpha value is -4.08. The van der Waals surface area contributed by atoms with Crippen LogP contribution in [0.15, 0.2) is 102 Å². The molecule has 0 heterocycles. The zero-order valence-corrected chi connectivity index (χ0v) is 24.0. The number of amides is 2. The Labute approximate surface area is 240 Å². The van der Waals surface area contributed by atoms with Crippen LogP contribution >= 0.6 is 0 Å². The highest BCUT2D eigenvalue weighted by Gasteiger charge is 2.33. The molecule has 0 aliphatic heterocycles. The van der Waals surface area contributed by atoms with Gasteiger partial charge in [-0.2, -0.15) is 4.31 Å². The Kier molecular flexibility index (Phi) is 9.86. The van der Waals surface area contributed by atoms with Gasteiger partial charge in [-0.15, -0.1) is 0 Å². The molecule has 0 bridgehead atoms. The van der Waals surface area contributed by atoms with E-state index < -0.39 is 34.3 Å². The van der Waals surface area contributed by atoms with Crippen molar-refractivity contribution in [3.05, 3.63) is 114 Å². The Bertz CT molecular complexity index is 1610. The standard InChI is InChI=1S/C32H34FN3O4S/c1-3-19-34-32(38)30(20-24-11-5-4-6-12-24)36(22-27-15-9-10-16-29(27)33)31(37)23-35(2)41(39,40)28-18-17-25-13-7-8-14-26(25)21-28/h4-18,21,30H,3,19-20,22-23H2,1-2H3,(H,34,38)/t30-/m0/s1. The molecule has 0 radical (unpaired) electrons. The molecule has 1 atom stereocenters. The van der Waals surface area contributed by atoms with E-state index in [4.69, 9.17) is 0 Å². The summed E-state index contributed by atoms with van der Waals surface area (Å²) >= 11 is 0. The van der Waals surface area contributed by atoms with Crippen LogP contribution in [0.4, 0.5) is 4.39 Å². The Morgan fingerprint density at radius 3 is 2.24 bits per heavy atom. The summed E-state index contributed by atoms with van der Waals surface area (Å²) in [7, 11) is -2.72. The summed E-state index contributed by atoms with van der Waals surface area (Å²) in [4.78, 5) is 28.6. The lowest BCUT2D eigenvalue weighted by molar-refractivity contribution is -0.141. The summed E-state index contributed by atoms with van der Waals surface area (Å²) in [6.07, 6.45) is 0.871. The van der Waals surface area contributed by atoms with Crippen LogP contribution < -0.4 is 5.32 Å². The second kappa shape index (κ2) is 13.5. The number of halogens is 1. The zero-order valence-electron chi connectivity index (χ0n) is 23.2. The molecule has 7 nitrogen and oxygen atoms in total. The lowest BCUT2D eigenvalue weighted by Crippen LogP contribution is -2.53. The second-order valence-electron chi connectivity index (χ2n) is 9.88. The van der Waals surface area contributed by atoms with Gasteiger partial charge in [0.2, 0.25) is 21.8 Å². The maximum atomic E-state index is 14.8. The summed E-state index contributed by atoms with van der Waals surface area (Å²) in [5, 5.41) is 4.50. The number of fused-ring (bicyclic) bond motifs is 1. The van der Waals surface area contributed by atoms with Crippen molar-refractivity contribution in [3.63, 3.8) is 0 Å². The highest BCUT2D eigenvalue weighted by Crippen LogP contribution is 2.22. The second-order valence-corrected chi connectivity index (χ2v) is 11.9. The molecule has 0 aromatic heterocycles. The zero-order chi connectivity index (χ0) is 29.4. The molecule has 4 aromatic carbocycles. The number of nitrogens with one attached hydrogen (secondary N) is 1. The van der Waals surface area contributed by atoms with Gasteiger partial charge in [-0.25, -0.2) is 12.8 Å². The molecule has 4 rings (SSSR count). The van der Waals surface area contributed by atoms with E-state index in [-0.39, 0.29) is 29.3 Å². The van der Waals surface area contributed by atoms with Crippen LogP contribution in [0.5, 0.6) is 0 Å². The highest BCUT2D eigenvalue weighted by atomic mass is 32.2. The van der Waals surface area contributed by atoms with Gasteiger partial charge in [0.05, 0.1) is 11.4 Å². The smallest absolute Gasteiger partial charge is 0.243 e. The Balaban J connectivity index is 1.67. The molecule has 0 saturated carbocycles. The minimum atomic E-state index is -4.05. The molecule has 41 heavy (non-hydrogen) atoms. The first-order valence-electron chi connectivity index (χ1n) is 13.5. The van der Waals surface area contributed by atoms with E-state index >= 15 is 0 Å². The molecule has 0 saturated heterocycles. The fourth-order valence-electron chi connectivity index (χ4n) is 4.60. The van der Waals surface area contributed by atoms with Crippen LogP contribution in [0, 0.1) is 5.82 Å². The first-order valence-corrected chi connectivity index (χ1v) is 14.9. The number of hydrogen-bond donors (Lipinski definition) is 1. The van der Waals surface area contributed by atoms with Gasteiger partial charge in [0.25, 0.3) is 0 Å². The molecular weight excluding hydrogens is 541 g/mol. The molecule has 0 unspecified atom stereocenters. The average Bonchev–Trinajstić information content (AvgIpc) is 2.98. The monoisotopic (exact) mass is 575 g/mol. The fraction of sp³-hybridized carbons (Fsp3) is 0.250. The topological polar surface area (TPSA) is 86.8 Å². The summed E-state index contributed by atoms with van der Waals surface area (Å²) in [5.41, 5.74) is 1.04. The molecule has 0 spiro atoms. The third-order valence-electron chi connectivity index (χ3n) is 6.91. The molecule has 4 aromatic rings. The number of nitrogens with zero attached hydrogens (tertiary/aromatic N) is 2. The van der Waals surface area contributed by atoms with Crippen molar-refractivity contribution in [2.45, 2.75) is 37.2 Å². The minimum Gasteiger partial charge on any atom is -0.354 e. The van der Waals surface area contributed by atoms with Crippen LogP contribution in [0.2, 0.25) is 0 Å². The molecular formula is C32H34FN3O4S. The molecule has 1 N–H and O–H groups in total. The molecule has 2 amide bonds. The van der Waals surface area contributed by atoms with Gasteiger partial charge in [0, 0.05) is 32.1 Å². The number of carbonyl (C=O) groups is 2. The highest BCUT2D eigenvalue weighted by molar-refractivity contribution is 7.89.